The molecule has 0 fully saturated rings. The van der Waals surface area contributed by atoms with Crippen LogP contribution in [-0.4, -0.2) is 31.3 Å². The molecule has 1 amide bonds. The highest BCUT2D eigenvalue weighted by Gasteiger charge is 2.16. The van der Waals surface area contributed by atoms with Gasteiger partial charge in [0, 0.05) is 11.8 Å². The van der Waals surface area contributed by atoms with E-state index in [1.165, 1.54) is 6.33 Å². The van der Waals surface area contributed by atoms with Crippen molar-refractivity contribution in [2.45, 2.75) is 0 Å². The zero-order chi connectivity index (χ0) is 13.1. The molecule has 2 aromatic heterocycles. The monoisotopic (exact) mass is 254 g/mol. The lowest BCUT2D eigenvalue weighted by Crippen LogP contribution is -2.13. The fourth-order valence-corrected chi connectivity index (χ4v) is 1.72. The van der Waals surface area contributed by atoms with Gasteiger partial charge in [-0.15, -0.1) is 10.2 Å². The molecule has 7 nitrogen and oxygen atoms in total. The Morgan fingerprint density at radius 2 is 2.05 bits per heavy atom. The maximum atomic E-state index is 12.1. The summed E-state index contributed by atoms with van der Waals surface area (Å²) in [7, 11) is 0. The smallest absolute Gasteiger partial charge is 0.261 e. The molecular weight excluding hydrogens is 244 g/mol. The summed E-state index contributed by atoms with van der Waals surface area (Å²) in [5, 5.41) is 16.7. The van der Waals surface area contributed by atoms with Gasteiger partial charge in [0.15, 0.2) is 0 Å². The summed E-state index contributed by atoms with van der Waals surface area (Å²) in [5.41, 5.74) is 1.91. The summed E-state index contributed by atoms with van der Waals surface area (Å²) in [6.07, 6.45) is 2.94. The molecule has 0 aliphatic carbocycles. The second kappa shape index (κ2) is 4.73. The number of nitrogens with zero attached hydrogens (tertiary/aromatic N) is 3. The minimum Gasteiger partial charge on any atom is -0.314 e. The third-order valence-electron chi connectivity index (χ3n) is 2.58. The molecule has 0 aliphatic rings. The summed E-state index contributed by atoms with van der Waals surface area (Å²) in [4.78, 5) is 14.8. The zero-order valence-corrected chi connectivity index (χ0v) is 9.79. The van der Waals surface area contributed by atoms with Gasteiger partial charge < -0.3 is 4.98 Å². The average molecular weight is 254 g/mol. The van der Waals surface area contributed by atoms with Crippen LogP contribution in [0.3, 0.4) is 0 Å². The van der Waals surface area contributed by atoms with Gasteiger partial charge in [0.25, 0.3) is 5.91 Å². The highest BCUT2D eigenvalue weighted by molar-refractivity contribution is 6.07. The number of carbonyl (C=O) groups excluding carboxylic acids is 1. The van der Waals surface area contributed by atoms with Crippen LogP contribution in [0, 0.1) is 0 Å². The molecule has 0 radical (unpaired) electrons. The molecule has 94 valence electrons. The zero-order valence-electron chi connectivity index (χ0n) is 9.79. The minimum absolute atomic E-state index is 0.296. The maximum Gasteiger partial charge on any atom is 0.261 e. The number of rotatable bonds is 3. The molecule has 3 N–H and O–H groups in total. The van der Waals surface area contributed by atoms with Gasteiger partial charge in [-0.2, -0.15) is 5.10 Å². The van der Waals surface area contributed by atoms with E-state index >= 15 is 0 Å². The molecule has 3 rings (SSSR count). The van der Waals surface area contributed by atoms with Crippen LogP contribution in [0.25, 0.3) is 11.3 Å². The predicted molar refractivity (Wildman–Crippen MR) is 68.4 cm³/mol. The van der Waals surface area contributed by atoms with Crippen LogP contribution >= 0.6 is 0 Å². The van der Waals surface area contributed by atoms with Crippen LogP contribution in [0.2, 0.25) is 0 Å². The van der Waals surface area contributed by atoms with E-state index in [1.807, 2.05) is 30.3 Å². The third-order valence-corrected chi connectivity index (χ3v) is 2.58. The molecule has 0 saturated carbocycles. The van der Waals surface area contributed by atoms with Crippen molar-refractivity contribution in [3.05, 3.63) is 48.4 Å². The molecule has 3 aromatic rings. The molecule has 0 atom stereocenters. The van der Waals surface area contributed by atoms with Crippen LogP contribution in [0.4, 0.5) is 5.95 Å². The normalized spacial score (nSPS) is 10.3. The summed E-state index contributed by atoms with van der Waals surface area (Å²) in [5.74, 6) is -0.00503. The number of amides is 1. The highest BCUT2D eigenvalue weighted by Crippen LogP contribution is 2.20. The Kier molecular flexibility index (Phi) is 2.77. The molecule has 1 aromatic carbocycles. The van der Waals surface area contributed by atoms with E-state index in [0.29, 0.717) is 17.2 Å². The molecule has 0 spiro atoms. The fraction of sp³-hybridized carbons (Fsp3) is 0. The standard InChI is InChI=1S/C12H10N6O/c19-11(16-12-13-7-15-18-12)9-6-14-17-10(9)8-4-2-1-3-5-8/h1-7H,(H,14,17)(H2,13,15,16,18,19). The van der Waals surface area contributed by atoms with Gasteiger partial charge in [-0.1, -0.05) is 30.3 Å². The number of H-pyrrole nitrogens is 2. The number of hydrogen-bond acceptors (Lipinski definition) is 4. The number of nitrogens with one attached hydrogen (secondary N) is 3. The van der Waals surface area contributed by atoms with Gasteiger partial charge in [0.2, 0.25) is 5.95 Å². The van der Waals surface area contributed by atoms with Gasteiger partial charge in [-0.05, 0) is 0 Å². The average Bonchev–Trinajstić information content (AvgIpc) is 3.10. The Hall–Kier alpha value is -2.96. The topological polar surface area (TPSA) is 99.4 Å². The fourth-order valence-electron chi connectivity index (χ4n) is 1.72. The van der Waals surface area contributed by atoms with E-state index in [4.69, 9.17) is 0 Å². The van der Waals surface area contributed by atoms with Crippen LogP contribution in [0.1, 0.15) is 10.4 Å². The van der Waals surface area contributed by atoms with Gasteiger partial charge in [0.05, 0.1) is 5.56 Å². The van der Waals surface area contributed by atoms with E-state index in [2.05, 4.69) is 30.7 Å². The van der Waals surface area contributed by atoms with E-state index in [1.54, 1.807) is 6.20 Å². The largest absolute Gasteiger partial charge is 0.314 e. The van der Waals surface area contributed by atoms with Crippen molar-refractivity contribution < 1.29 is 4.79 Å². The first-order valence-electron chi connectivity index (χ1n) is 5.61. The first-order chi connectivity index (χ1) is 9.34. The number of carbonyl (C=O) groups is 1. The van der Waals surface area contributed by atoms with Crippen molar-refractivity contribution >= 4 is 11.9 Å². The molecular formula is C12H10N6O. The van der Waals surface area contributed by atoms with Gasteiger partial charge >= 0.3 is 0 Å². The quantitative estimate of drug-likeness (QED) is 0.658. The van der Waals surface area contributed by atoms with Crippen LogP contribution < -0.4 is 5.32 Å². The first-order valence-corrected chi connectivity index (χ1v) is 5.61. The molecule has 0 unspecified atom stereocenters. The second-order valence-corrected chi connectivity index (χ2v) is 3.81. The molecule has 19 heavy (non-hydrogen) atoms. The summed E-state index contributed by atoms with van der Waals surface area (Å²) >= 11 is 0. The number of aromatic nitrogens is 5. The van der Waals surface area contributed by atoms with Gasteiger partial charge in [0.1, 0.15) is 12.0 Å². The summed E-state index contributed by atoms with van der Waals surface area (Å²) in [6.45, 7) is 0. The Morgan fingerprint density at radius 3 is 2.79 bits per heavy atom. The lowest BCUT2D eigenvalue weighted by molar-refractivity contribution is 0.102. The number of hydrogen-bond donors (Lipinski definition) is 3. The first kappa shape index (κ1) is 11.1. The van der Waals surface area contributed by atoms with Crippen molar-refractivity contribution in [3.8, 4) is 11.3 Å². The summed E-state index contributed by atoms with van der Waals surface area (Å²) in [6, 6.07) is 9.47. The molecule has 0 saturated heterocycles. The molecule has 2 heterocycles. The molecule has 0 aliphatic heterocycles. The Morgan fingerprint density at radius 1 is 1.21 bits per heavy atom. The second-order valence-electron chi connectivity index (χ2n) is 3.81. The lowest BCUT2D eigenvalue weighted by atomic mass is 10.1. The molecule has 0 bridgehead atoms. The van der Waals surface area contributed by atoms with Crippen LogP contribution in [-0.2, 0) is 0 Å². The molecule has 7 heteroatoms. The van der Waals surface area contributed by atoms with E-state index in [9.17, 15) is 4.79 Å². The third kappa shape index (κ3) is 2.21. The van der Waals surface area contributed by atoms with Gasteiger partial charge in [-0.3, -0.25) is 15.2 Å². The number of anilines is 1. The number of benzene rings is 1. The van der Waals surface area contributed by atoms with E-state index in [0.717, 1.165) is 5.56 Å². The van der Waals surface area contributed by atoms with Crippen molar-refractivity contribution in [1.82, 2.24) is 25.4 Å². The SMILES string of the molecule is O=C(Nc1nnc[nH]1)c1c[nH]nc1-c1ccccc1. The van der Waals surface area contributed by atoms with Crippen molar-refractivity contribution in [3.63, 3.8) is 0 Å². The minimum atomic E-state index is -0.302. The van der Waals surface area contributed by atoms with Crippen LogP contribution in [0.5, 0.6) is 0 Å². The Balaban J connectivity index is 1.90. The lowest BCUT2D eigenvalue weighted by Gasteiger charge is -2.02. The number of aromatic amines is 2. The Labute approximate surface area is 108 Å². The van der Waals surface area contributed by atoms with Gasteiger partial charge in [-0.25, -0.2) is 0 Å². The maximum absolute atomic E-state index is 12.1. The Bertz CT molecular complexity index is 673. The van der Waals surface area contributed by atoms with Crippen molar-refractivity contribution in [1.29, 1.82) is 0 Å². The predicted octanol–water partition coefficient (Wildman–Crippen LogP) is 1.45. The van der Waals surface area contributed by atoms with E-state index < -0.39 is 0 Å². The summed E-state index contributed by atoms with van der Waals surface area (Å²) < 4.78 is 0. The van der Waals surface area contributed by atoms with Crippen molar-refractivity contribution in [2.24, 2.45) is 0 Å². The van der Waals surface area contributed by atoms with Crippen LogP contribution in [0.15, 0.2) is 42.9 Å². The van der Waals surface area contributed by atoms with E-state index in [-0.39, 0.29) is 5.91 Å². The highest BCUT2D eigenvalue weighted by atomic mass is 16.1. The van der Waals surface area contributed by atoms with Crippen molar-refractivity contribution in [2.75, 3.05) is 5.32 Å².